The fraction of sp³-hybridized carbons (Fsp3) is 0.405. The molecule has 1 atom stereocenters. The van der Waals surface area contributed by atoms with E-state index in [2.05, 4.69) is 29.0 Å². The predicted molar refractivity (Wildman–Crippen MR) is 184 cm³/mol. The number of hydrogen-bond acceptors (Lipinski definition) is 6. The van der Waals surface area contributed by atoms with Crippen LogP contribution in [-0.2, 0) is 22.6 Å². The van der Waals surface area contributed by atoms with Crippen LogP contribution in [0.5, 0.6) is 0 Å². The van der Waals surface area contributed by atoms with Crippen molar-refractivity contribution in [3.63, 3.8) is 0 Å². The first kappa shape index (κ1) is 38.2. The third-order valence-electron chi connectivity index (χ3n) is 9.13. The molecule has 1 amide bonds. The van der Waals surface area contributed by atoms with Gasteiger partial charge in [0.25, 0.3) is 5.91 Å². The number of likely N-dealkylation sites (tertiary alicyclic amines) is 1. The summed E-state index contributed by atoms with van der Waals surface area (Å²) in [6, 6.07) is 12.7. The number of fused-ring (bicyclic) bond motifs is 1. The van der Waals surface area contributed by atoms with E-state index in [1.165, 1.54) is 60.7 Å². The van der Waals surface area contributed by atoms with Crippen LogP contribution >= 0.6 is 0 Å². The van der Waals surface area contributed by atoms with E-state index in [1.807, 2.05) is 11.9 Å². The first-order chi connectivity index (χ1) is 23.8. The van der Waals surface area contributed by atoms with Crippen molar-refractivity contribution in [2.45, 2.75) is 62.6 Å². The van der Waals surface area contributed by atoms with Crippen molar-refractivity contribution in [3.8, 4) is 11.3 Å². The number of amides is 1. The molecule has 1 N–H and O–H groups in total. The molecule has 0 spiro atoms. The van der Waals surface area contributed by atoms with E-state index < -0.39 is 39.7 Å². The van der Waals surface area contributed by atoms with Crippen LogP contribution in [0, 0.1) is 5.92 Å². The lowest BCUT2D eigenvalue weighted by Crippen LogP contribution is -2.44. The van der Waals surface area contributed by atoms with Gasteiger partial charge in [-0.1, -0.05) is 56.3 Å². The Kier molecular flexibility index (Phi) is 11.2. The lowest BCUT2D eigenvalue weighted by molar-refractivity contribution is -0.155. The van der Waals surface area contributed by atoms with Gasteiger partial charge in [0.15, 0.2) is 15.9 Å². The highest BCUT2D eigenvalue weighted by Gasteiger charge is 2.43. The summed E-state index contributed by atoms with van der Waals surface area (Å²) in [4.78, 5) is 23.1. The summed E-state index contributed by atoms with van der Waals surface area (Å²) in [7, 11) is -1.81. The van der Waals surface area contributed by atoms with Crippen molar-refractivity contribution < 1.29 is 39.6 Å². The number of piperidine rings is 1. The summed E-state index contributed by atoms with van der Waals surface area (Å²) in [6.45, 7) is 6.16. The van der Waals surface area contributed by atoms with Gasteiger partial charge in [-0.15, -0.1) is 0 Å². The van der Waals surface area contributed by atoms with Gasteiger partial charge in [0.2, 0.25) is 0 Å². The van der Waals surface area contributed by atoms with Gasteiger partial charge in [-0.3, -0.25) is 9.69 Å². The lowest BCUT2D eigenvalue weighted by Gasteiger charge is -2.38. The molecule has 0 radical (unpaired) electrons. The molecule has 1 aliphatic heterocycles. The van der Waals surface area contributed by atoms with E-state index in [4.69, 9.17) is 0 Å². The van der Waals surface area contributed by atoms with E-state index >= 15 is 0 Å². The van der Waals surface area contributed by atoms with Gasteiger partial charge >= 0.3 is 12.4 Å². The fourth-order valence-electron chi connectivity index (χ4n) is 6.68. The maximum Gasteiger partial charge on any atom is 0.416 e. The van der Waals surface area contributed by atoms with Gasteiger partial charge in [-0.2, -0.15) is 26.3 Å². The van der Waals surface area contributed by atoms with Gasteiger partial charge in [-0.05, 0) is 74.8 Å². The highest BCUT2D eigenvalue weighted by atomic mass is 32.2. The minimum absolute atomic E-state index is 0.00458. The highest BCUT2D eigenvalue weighted by Crippen LogP contribution is 2.38. The molecule has 0 bridgehead atoms. The second-order valence-electron chi connectivity index (χ2n) is 13.5. The summed E-state index contributed by atoms with van der Waals surface area (Å²) in [5.74, 6) is -0.727. The number of aromatic nitrogens is 1. The standard InChI is InChI=1S/C37H40F6N4O3S/c1-23(2)21-46(3)27-15-17-47(18-16-27)22-30-32(35(48)45-34(37(41,42)43)24-9-6-5-7-10-24)29-20-28(51(4,49)50)13-14-31(29)44-33(30)25-11-8-12-26(19-25)36(38,39)40/h5-14,19-20,23,27,34H,15-18,21-22H2,1-4H3,(H,45,48). The topological polar surface area (TPSA) is 82.6 Å². The number of nitrogens with one attached hydrogen (secondary N) is 1. The number of halogens is 6. The SMILES string of the molecule is CC(C)CN(C)C1CCN(Cc2c(-c3cccc(C(F)(F)F)c3)nc3ccc(S(C)(=O)=O)cc3c2C(=O)NC(c2ccccc2)C(F)(F)F)CC1. The number of alkyl halides is 6. The van der Waals surface area contributed by atoms with Gasteiger partial charge in [0, 0.05) is 41.9 Å². The van der Waals surface area contributed by atoms with Crippen molar-refractivity contribution in [2.75, 3.05) is 32.9 Å². The monoisotopic (exact) mass is 734 g/mol. The second-order valence-corrected chi connectivity index (χ2v) is 15.6. The normalized spacial score (nSPS) is 15.8. The molecule has 274 valence electrons. The zero-order chi connectivity index (χ0) is 37.3. The average molecular weight is 735 g/mol. The number of hydrogen-bond donors (Lipinski definition) is 1. The zero-order valence-corrected chi connectivity index (χ0v) is 29.5. The number of pyridine rings is 1. The predicted octanol–water partition coefficient (Wildman–Crippen LogP) is 7.91. The van der Waals surface area contributed by atoms with Gasteiger partial charge in [0.05, 0.1) is 27.2 Å². The Bertz CT molecular complexity index is 1980. The summed E-state index contributed by atoms with van der Waals surface area (Å²) in [5, 5.41) is 2.09. The van der Waals surface area contributed by atoms with E-state index in [0.717, 1.165) is 37.8 Å². The Morgan fingerprint density at radius 1 is 0.961 bits per heavy atom. The molecule has 51 heavy (non-hydrogen) atoms. The van der Waals surface area contributed by atoms with Crippen LogP contribution < -0.4 is 5.32 Å². The highest BCUT2D eigenvalue weighted by molar-refractivity contribution is 7.90. The first-order valence-electron chi connectivity index (χ1n) is 16.5. The van der Waals surface area contributed by atoms with Crippen LogP contribution in [0.3, 0.4) is 0 Å². The van der Waals surface area contributed by atoms with Crippen molar-refractivity contribution in [1.29, 1.82) is 0 Å². The van der Waals surface area contributed by atoms with Crippen LogP contribution in [0.15, 0.2) is 77.7 Å². The molecule has 7 nitrogen and oxygen atoms in total. The molecule has 1 saturated heterocycles. The number of benzene rings is 3. The minimum Gasteiger partial charge on any atom is -0.337 e. The Hall–Kier alpha value is -4.01. The maximum absolute atomic E-state index is 14.5. The van der Waals surface area contributed by atoms with Gasteiger partial charge in [-0.25, -0.2) is 13.4 Å². The van der Waals surface area contributed by atoms with Crippen LogP contribution in [0.4, 0.5) is 26.3 Å². The van der Waals surface area contributed by atoms with Crippen molar-refractivity contribution in [3.05, 3.63) is 95.1 Å². The molecular formula is C37H40F6N4O3S. The summed E-state index contributed by atoms with van der Waals surface area (Å²) in [5.41, 5.74) is -1.39. The van der Waals surface area contributed by atoms with Gasteiger partial charge < -0.3 is 10.2 Å². The molecule has 2 heterocycles. The van der Waals surface area contributed by atoms with Crippen molar-refractivity contribution in [1.82, 2.24) is 20.1 Å². The molecular weight excluding hydrogens is 694 g/mol. The fourth-order valence-corrected chi connectivity index (χ4v) is 7.32. The largest absolute Gasteiger partial charge is 0.416 e. The summed E-state index contributed by atoms with van der Waals surface area (Å²) < 4.78 is 111. The van der Waals surface area contributed by atoms with Crippen LogP contribution in [0.25, 0.3) is 22.2 Å². The quantitative estimate of drug-likeness (QED) is 0.167. The van der Waals surface area contributed by atoms with E-state index in [1.54, 1.807) is 0 Å². The Labute approximate surface area is 293 Å². The molecule has 1 unspecified atom stereocenters. The van der Waals surface area contributed by atoms with E-state index in [-0.39, 0.29) is 56.3 Å². The molecule has 0 saturated carbocycles. The third-order valence-corrected chi connectivity index (χ3v) is 10.2. The minimum atomic E-state index is -4.92. The third kappa shape index (κ3) is 9.08. The van der Waals surface area contributed by atoms with Crippen molar-refractivity contribution >= 4 is 26.6 Å². The molecule has 5 rings (SSSR count). The Balaban J connectivity index is 1.72. The smallest absolute Gasteiger partial charge is 0.337 e. The average Bonchev–Trinajstić information content (AvgIpc) is 3.05. The van der Waals surface area contributed by atoms with E-state index in [0.29, 0.717) is 19.0 Å². The number of sulfone groups is 1. The molecule has 3 aromatic carbocycles. The molecule has 4 aromatic rings. The number of nitrogens with zero attached hydrogens (tertiary/aromatic N) is 3. The maximum atomic E-state index is 14.5. The summed E-state index contributed by atoms with van der Waals surface area (Å²) >= 11 is 0. The van der Waals surface area contributed by atoms with Crippen LogP contribution in [0.2, 0.25) is 0 Å². The number of carbonyl (C=O) groups excluding carboxylic acids is 1. The number of carbonyl (C=O) groups is 1. The van der Waals surface area contributed by atoms with Crippen LogP contribution in [-0.4, -0.2) is 74.3 Å². The molecule has 14 heteroatoms. The second kappa shape index (κ2) is 14.9. The first-order valence-corrected chi connectivity index (χ1v) is 18.4. The molecule has 0 aliphatic carbocycles. The van der Waals surface area contributed by atoms with Crippen molar-refractivity contribution in [2.24, 2.45) is 5.92 Å². The Morgan fingerprint density at radius 3 is 2.22 bits per heavy atom. The molecule has 1 fully saturated rings. The Morgan fingerprint density at radius 2 is 1.63 bits per heavy atom. The lowest BCUT2D eigenvalue weighted by atomic mass is 9.93. The summed E-state index contributed by atoms with van der Waals surface area (Å²) in [6.07, 6.45) is -7.20. The number of rotatable bonds is 10. The van der Waals surface area contributed by atoms with Gasteiger partial charge in [0.1, 0.15) is 0 Å². The van der Waals surface area contributed by atoms with Crippen LogP contribution in [0.1, 0.15) is 59.8 Å². The molecule has 1 aliphatic rings. The zero-order valence-electron chi connectivity index (χ0n) is 28.6. The molecule has 1 aromatic heterocycles. The van der Waals surface area contributed by atoms with E-state index in [9.17, 15) is 39.6 Å².